The zero-order valence-corrected chi connectivity index (χ0v) is 18.9. The van der Waals surface area contributed by atoms with Crippen molar-refractivity contribution in [3.05, 3.63) is 119 Å². The largest absolute Gasteiger partial charge is 0.340 e. The van der Waals surface area contributed by atoms with E-state index >= 15 is 0 Å². The zero-order valence-electron chi connectivity index (χ0n) is 17.3. The molecule has 32 heavy (non-hydrogen) atoms. The van der Waals surface area contributed by atoms with E-state index in [0.717, 1.165) is 16.7 Å². The summed E-state index contributed by atoms with van der Waals surface area (Å²) in [5, 5.41) is 8.70. The van der Waals surface area contributed by atoms with Gasteiger partial charge in [-0.05, 0) is 41.0 Å². The number of halogens is 2. The number of aromatic nitrogens is 2. The Morgan fingerprint density at radius 2 is 1.47 bits per heavy atom. The predicted molar refractivity (Wildman–Crippen MR) is 131 cm³/mol. The van der Waals surface area contributed by atoms with Crippen LogP contribution in [0.4, 0.5) is 10.2 Å². The minimum Gasteiger partial charge on any atom is -0.340 e. The van der Waals surface area contributed by atoms with E-state index in [9.17, 15) is 4.39 Å². The Bertz CT molecular complexity index is 1140. The van der Waals surface area contributed by atoms with E-state index in [1.165, 1.54) is 12.1 Å². The number of nitrogens with one attached hydrogen (secondary N) is 1. The summed E-state index contributed by atoms with van der Waals surface area (Å²) in [4.78, 5) is 2.08. The third-order valence-corrected chi connectivity index (χ3v) is 5.57. The summed E-state index contributed by atoms with van der Waals surface area (Å²) < 4.78 is 15.1. The lowest BCUT2D eigenvalue weighted by Gasteiger charge is -2.25. The molecule has 0 unspecified atom stereocenters. The number of hydrogen-bond acceptors (Lipinski definition) is 2. The monoisotopic (exact) mass is 464 g/mol. The Labute approximate surface area is 197 Å². The van der Waals surface area contributed by atoms with Crippen LogP contribution in [0.3, 0.4) is 0 Å². The lowest BCUT2D eigenvalue weighted by atomic mass is 10.2. The van der Waals surface area contributed by atoms with Crippen molar-refractivity contribution in [1.82, 2.24) is 14.7 Å². The molecule has 0 aliphatic carbocycles. The summed E-state index contributed by atoms with van der Waals surface area (Å²) >= 11 is 12.1. The van der Waals surface area contributed by atoms with Crippen molar-refractivity contribution in [3.8, 4) is 0 Å². The molecule has 0 aliphatic rings. The van der Waals surface area contributed by atoms with Gasteiger partial charge in [-0.3, -0.25) is 0 Å². The third-order valence-electron chi connectivity index (χ3n) is 4.91. The second-order valence-electron chi connectivity index (χ2n) is 7.40. The second kappa shape index (κ2) is 10.4. The van der Waals surface area contributed by atoms with Gasteiger partial charge in [0.2, 0.25) is 0 Å². The van der Waals surface area contributed by atoms with Crippen LogP contribution in [-0.4, -0.2) is 19.8 Å². The first kappa shape index (κ1) is 22.0. The molecule has 0 atom stereocenters. The average Bonchev–Trinajstić information content (AvgIpc) is 3.13. The van der Waals surface area contributed by atoms with Crippen LogP contribution >= 0.6 is 23.8 Å². The van der Waals surface area contributed by atoms with Gasteiger partial charge in [0.05, 0.1) is 6.54 Å². The molecular formula is C25H22ClFN4S. The molecule has 0 radical (unpaired) electrons. The maximum absolute atomic E-state index is 13.5. The fourth-order valence-corrected chi connectivity index (χ4v) is 3.80. The van der Waals surface area contributed by atoms with Crippen molar-refractivity contribution < 1.29 is 4.39 Å². The first-order chi connectivity index (χ1) is 15.6. The number of rotatable bonds is 7. The van der Waals surface area contributed by atoms with Crippen LogP contribution < -0.4 is 5.32 Å². The van der Waals surface area contributed by atoms with E-state index in [2.05, 4.69) is 39.6 Å². The number of benzene rings is 3. The van der Waals surface area contributed by atoms with E-state index < -0.39 is 0 Å². The normalized spacial score (nSPS) is 10.7. The molecule has 0 saturated heterocycles. The SMILES string of the molecule is Fc1cccc(Cn2nc(NC(=S)N(Cc3ccccc3)Cc3ccccc3)cc2Cl)c1. The van der Waals surface area contributed by atoms with E-state index in [1.54, 1.807) is 16.8 Å². The standard InChI is InChI=1S/C25H22ClFN4S/c26-23-15-24(29-31(23)18-21-12-7-13-22(27)14-21)28-25(32)30(16-19-8-3-1-4-9-19)17-20-10-5-2-6-11-20/h1-15H,16-18H2,(H,28,29,32). The van der Waals surface area contributed by atoms with E-state index in [-0.39, 0.29) is 5.82 Å². The maximum atomic E-state index is 13.5. The molecule has 1 heterocycles. The molecule has 162 valence electrons. The topological polar surface area (TPSA) is 33.1 Å². The van der Waals surface area contributed by atoms with Gasteiger partial charge in [-0.1, -0.05) is 84.4 Å². The zero-order chi connectivity index (χ0) is 22.3. The van der Waals surface area contributed by atoms with Gasteiger partial charge in [-0.25, -0.2) is 9.07 Å². The van der Waals surface area contributed by atoms with E-state index in [0.29, 0.717) is 35.7 Å². The highest BCUT2D eigenvalue weighted by Crippen LogP contribution is 2.19. The highest BCUT2D eigenvalue weighted by molar-refractivity contribution is 7.80. The van der Waals surface area contributed by atoms with Gasteiger partial charge in [-0.2, -0.15) is 5.10 Å². The molecular weight excluding hydrogens is 443 g/mol. The van der Waals surface area contributed by atoms with Gasteiger partial charge in [-0.15, -0.1) is 0 Å². The molecule has 0 amide bonds. The minimum absolute atomic E-state index is 0.289. The van der Waals surface area contributed by atoms with Crippen LogP contribution in [0.25, 0.3) is 0 Å². The summed E-state index contributed by atoms with van der Waals surface area (Å²) in [6, 6.07) is 28.4. The van der Waals surface area contributed by atoms with Crippen molar-refractivity contribution in [1.29, 1.82) is 0 Å². The number of thiocarbonyl (C=S) groups is 1. The smallest absolute Gasteiger partial charge is 0.175 e. The summed E-state index contributed by atoms with van der Waals surface area (Å²) in [6.45, 7) is 1.67. The van der Waals surface area contributed by atoms with Gasteiger partial charge in [0.1, 0.15) is 11.0 Å². The molecule has 0 aliphatic heterocycles. The fraction of sp³-hybridized carbons (Fsp3) is 0.120. The third kappa shape index (κ3) is 5.93. The summed E-state index contributed by atoms with van der Waals surface area (Å²) in [7, 11) is 0. The van der Waals surface area contributed by atoms with Gasteiger partial charge in [0.25, 0.3) is 0 Å². The highest BCUT2D eigenvalue weighted by atomic mass is 35.5. The first-order valence-corrected chi connectivity index (χ1v) is 11.0. The van der Waals surface area contributed by atoms with Gasteiger partial charge in [0.15, 0.2) is 10.9 Å². The molecule has 0 fully saturated rings. The summed E-state index contributed by atoms with van der Waals surface area (Å²) in [6.07, 6.45) is 0. The Morgan fingerprint density at radius 3 is 2.06 bits per heavy atom. The quantitative estimate of drug-likeness (QED) is 0.334. The number of anilines is 1. The number of nitrogens with zero attached hydrogens (tertiary/aromatic N) is 3. The molecule has 7 heteroatoms. The lowest BCUT2D eigenvalue weighted by Crippen LogP contribution is -2.34. The molecule has 0 bridgehead atoms. The van der Waals surface area contributed by atoms with Crippen molar-refractivity contribution in [2.75, 3.05) is 5.32 Å². The number of hydrogen-bond donors (Lipinski definition) is 1. The predicted octanol–water partition coefficient (Wildman–Crippen LogP) is 6.12. The van der Waals surface area contributed by atoms with Crippen LogP contribution in [0.5, 0.6) is 0 Å². The highest BCUT2D eigenvalue weighted by Gasteiger charge is 2.14. The van der Waals surface area contributed by atoms with Crippen LogP contribution in [0, 0.1) is 5.82 Å². The molecule has 4 nitrogen and oxygen atoms in total. The van der Waals surface area contributed by atoms with Crippen molar-refractivity contribution in [3.63, 3.8) is 0 Å². The molecule has 3 aromatic carbocycles. The van der Waals surface area contributed by atoms with Crippen LogP contribution in [0.1, 0.15) is 16.7 Å². The lowest BCUT2D eigenvalue weighted by molar-refractivity contribution is 0.412. The van der Waals surface area contributed by atoms with Crippen LogP contribution in [0.15, 0.2) is 91.0 Å². The summed E-state index contributed by atoms with van der Waals surface area (Å²) in [5.41, 5.74) is 3.09. The van der Waals surface area contributed by atoms with E-state index in [1.807, 2.05) is 42.5 Å². The van der Waals surface area contributed by atoms with Gasteiger partial charge in [0, 0.05) is 19.2 Å². The van der Waals surface area contributed by atoms with Crippen molar-refractivity contribution in [2.24, 2.45) is 0 Å². The Kier molecular flexibility index (Phi) is 7.14. The molecule has 0 spiro atoms. The van der Waals surface area contributed by atoms with Crippen LogP contribution in [0.2, 0.25) is 5.15 Å². The van der Waals surface area contributed by atoms with Gasteiger partial charge >= 0.3 is 0 Å². The minimum atomic E-state index is -0.289. The molecule has 1 aromatic heterocycles. The Balaban J connectivity index is 1.49. The maximum Gasteiger partial charge on any atom is 0.175 e. The van der Waals surface area contributed by atoms with Gasteiger partial charge < -0.3 is 10.2 Å². The molecule has 4 rings (SSSR count). The average molecular weight is 465 g/mol. The molecule has 1 N–H and O–H groups in total. The van der Waals surface area contributed by atoms with Crippen molar-refractivity contribution >= 4 is 34.7 Å². The van der Waals surface area contributed by atoms with E-state index in [4.69, 9.17) is 23.8 Å². The fourth-order valence-electron chi connectivity index (χ4n) is 3.37. The molecule has 0 saturated carbocycles. The Morgan fingerprint density at radius 1 is 0.875 bits per heavy atom. The second-order valence-corrected chi connectivity index (χ2v) is 8.17. The molecule has 4 aromatic rings. The first-order valence-electron chi connectivity index (χ1n) is 10.2. The summed E-state index contributed by atoms with van der Waals surface area (Å²) in [5.74, 6) is 0.255. The Hall–Kier alpha value is -3.22. The van der Waals surface area contributed by atoms with Crippen LogP contribution in [-0.2, 0) is 19.6 Å². The van der Waals surface area contributed by atoms with Crippen molar-refractivity contribution in [2.45, 2.75) is 19.6 Å².